The standard InChI is InChI=1S/C17H22N4O2S/c1-20(11-5-7-21(8-6-11)12-9-23-10-12)17-19-15-13(16(18)22)3-2-4-14(15)24-17/h2-4,11-12H,5-10H2,1H3,(H2,18,22). The molecule has 2 aromatic rings. The number of anilines is 1. The summed E-state index contributed by atoms with van der Waals surface area (Å²) in [5.74, 6) is -0.420. The molecule has 2 fully saturated rings. The minimum absolute atomic E-state index is 0.420. The van der Waals surface area contributed by atoms with E-state index in [1.807, 2.05) is 12.1 Å². The highest BCUT2D eigenvalue weighted by atomic mass is 32.1. The van der Waals surface area contributed by atoms with Crippen LogP contribution in [0.1, 0.15) is 23.2 Å². The van der Waals surface area contributed by atoms with Gasteiger partial charge < -0.3 is 15.4 Å². The van der Waals surface area contributed by atoms with Crippen molar-refractivity contribution in [1.29, 1.82) is 0 Å². The number of benzene rings is 1. The van der Waals surface area contributed by atoms with Crippen LogP contribution in [-0.2, 0) is 4.74 Å². The van der Waals surface area contributed by atoms with Gasteiger partial charge in [-0.05, 0) is 25.0 Å². The van der Waals surface area contributed by atoms with E-state index in [1.54, 1.807) is 17.4 Å². The van der Waals surface area contributed by atoms with E-state index in [9.17, 15) is 4.79 Å². The number of nitrogens with two attached hydrogens (primary N) is 1. The molecule has 2 aliphatic rings. The third kappa shape index (κ3) is 2.76. The summed E-state index contributed by atoms with van der Waals surface area (Å²) in [5, 5.41) is 0.962. The average molecular weight is 346 g/mol. The molecule has 1 aromatic heterocycles. The Morgan fingerprint density at radius 1 is 1.38 bits per heavy atom. The lowest BCUT2D eigenvalue weighted by molar-refractivity contribution is -0.0711. The molecule has 0 bridgehead atoms. The van der Waals surface area contributed by atoms with Gasteiger partial charge in [0.15, 0.2) is 5.13 Å². The number of thiazole rings is 1. The molecular formula is C17H22N4O2S. The third-order valence-electron chi connectivity index (χ3n) is 5.16. The lowest BCUT2D eigenvalue weighted by atomic mass is 10.0. The SMILES string of the molecule is CN(c1nc2c(C(N)=O)cccc2s1)C1CCN(C2COC2)CC1. The van der Waals surface area contributed by atoms with E-state index >= 15 is 0 Å². The fraction of sp³-hybridized carbons (Fsp3) is 0.529. The van der Waals surface area contributed by atoms with E-state index in [0.29, 0.717) is 17.6 Å². The number of para-hydroxylation sites is 1. The molecule has 1 aromatic carbocycles. The van der Waals surface area contributed by atoms with Crippen LogP contribution in [-0.4, -0.2) is 61.2 Å². The zero-order valence-electron chi connectivity index (χ0n) is 13.8. The highest BCUT2D eigenvalue weighted by Crippen LogP contribution is 2.33. The minimum atomic E-state index is -0.420. The van der Waals surface area contributed by atoms with Gasteiger partial charge in [-0.15, -0.1) is 0 Å². The van der Waals surface area contributed by atoms with Crippen molar-refractivity contribution in [2.24, 2.45) is 5.73 Å². The molecule has 2 saturated heterocycles. The number of carbonyl (C=O) groups excluding carboxylic acids is 1. The minimum Gasteiger partial charge on any atom is -0.378 e. The Hall–Kier alpha value is -1.70. The average Bonchev–Trinajstić information content (AvgIpc) is 2.97. The maximum atomic E-state index is 11.6. The van der Waals surface area contributed by atoms with Crippen molar-refractivity contribution < 1.29 is 9.53 Å². The number of rotatable bonds is 4. The second-order valence-corrected chi connectivity index (χ2v) is 7.59. The molecule has 1 amide bonds. The summed E-state index contributed by atoms with van der Waals surface area (Å²) in [5.41, 5.74) is 6.69. The van der Waals surface area contributed by atoms with E-state index in [-0.39, 0.29) is 0 Å². The molecule has 0 radical (unpaired) electrons. The molecule has 0 unspecified atom stereocenters. The van der Waals surface area contributed by atoms with Crippen molar-refractivity contribution in [1.82, 2.24) is 9.88 Å². The summed E-state index contributed by atoms with van der Waals surface area (Å²) in [6.07, 6.45) is 2.26. The second-order valence-electron chi connectivity index (χ2n) is 6.58. The highest BCUT2D eigenvalue weighted by Gasteiger charge is 2.31. The first-order valence-electron chi connectivity index (χ1n) is 8.37. The summed E-state index contributed by atoms with van der Waals surface area (Å²) >= 11 is 1.63. The Bertz CT molecular complexity index is 750. The van der Waals surface area contributed by atoms with Gasteiger partial charge in [-0.2, -0.15) is 0 Å². The monoisotopic (exact) mass is 346 g/mol. The summed E-state index contributed by atoms with van der Waals surface area (Å²) in [7, 11) is 2.11. The van der Waals surface area contributed by atoms with Gasteiger partial charge in [-0.1, -0.05) is 17.4 Å². The Balaban J connectivity index is 1.50. The summed E-state index contributed by atoms with van der Waals surface area (Å²) in [6, 6.07) is 6.71. The first-order valence-corrected chi connectivity index (χ1v) is 9.19. The van der Waals surface area contributed by atoms with Crippen LogP contribution in [0, 0.1) is 0 Å². The zero-order chi connectivity index (χ0) is 16.7. The maximum Gasteiger partial charge on any atom is 0.250 e. The molecule has 2 N–H and O–H groups in total. The van der Waals surface area contributed by atoms with Crippen molar-refractivity contribution in [3.63, 3.8) is 0 Å². The van der Waals surface area contributed by atoms with Gasteiger partial charge in [0.1, 0.15) is 0 Å². The molecule has 128 valence electrons. The molecular weight excluding hydrogens is 324 g/mol. The van der Waals surface area contributed by atoms with Gasteiger partial charge >= 0.3 is 0 Å². The molecule has 0 aliphatic carbocycles. The van der Waals surface area contributed by atoms with Gasteiger partial charge in [0.2, 0.25) is 0 Å². The zero-order valence-corrected chi connectivity index (χ0v) is 14.6. The van der Waals surface area contributed by atoms with Crippen molar-refractivity contribution in [2.75, 3.05) is 38.3 Å². The van der Waals surface area contributed by atoms with Crippen LogP contribution >= 0.6 is 11.3 Å². The van der Waals surface area contributed by atoms with E-state index in [2.05, 4.69) is 16.8 Å². The smallest absolute Gasteiger partial charge is 0.250 e. The summed E-state index contributed by atoms with van der Waals surface area (Å²) in [4.78, 5) is 21.1. The number of hydrogen-bond donors (Lipinski definition) is 1. The topological polar surface area (TPSA) is 71.7 Å². The van der Waals surface area contributed by atoms with Crippen LogP contribution in [0.3, 0.4) is 0 Å². The fourth-order valence-electron chi connectivity index (χ4n) is 3.52. The van der Waals surface area contributed by atoms with Crippen LogP contribution in [0.2, 0.25) is 0 Å². The van der Waals surface area contributed by atoms with E-state index in [0.717, 1.165) is 54.5 Å². The number of primary amides is 1. The van der Waals surface area contributed by atoms with Crippen LogP contribution in [0.15, 0.2) is 18.2 Å². The Labute approximate surface area is 145 Å². The first-order chi connectivity index (χ1) is 11.6. The van der Waals surface area contributed by atoms with E-state index < -0.39 is 5.91 Å². The molecule has 7 heteroatoms. The van der Waals surface area contributed by atoms with Gasteiger partial charge in [0, 0.05) is 26.2 Å². The van der Waals surface area contributed by atoms with Crippen molar-refractivity contribution in [2.45, 2.75) is 24.9 Å². The molecule has 2 aliphatic heterocycles. The third-order valence-corrected chi connectivity index (χ3v) is 6.27. The van der Waals surface area contributed by atoms with Crippen LogP contribution in [0.25, 0.3) is 10.2 Å². The number of aromatic nitrogens is 1. The predicted molar refractivity (Wildman–Crippen MR) is 95.7 cm³/mol. The molecule has 0 atom stereocenters. The Morgan fingerprint density at radius 2 is 2.12 bits per heavy atom. The van der Waals surface area contributed by atoms with Gasteiger partial charge in [0.25, 0.3) is 5.91 Å². The van der Waals surface area contributed by atoms with Gasteiger partial charge in [0.05, 0.1) is 35.0 Å². The molecule has 3 heterocycles. The van der Waals surface area contributed by atoms with Crippen molar-refractivity contribution in [3.05, 3.63) is 23.8 Å². The first kappa shape index (κ1) is 15.8. The lowest BCUT2D eigenvalue weighted by Gasteiger charge is -2.43. The van der Waals surface area contributed by atoms with Crippen molar-refractivity contribution in [3.8, 4) is 0 Å². The molecule has 0 spiro atoms. The van der Waals surface area contributed by atoms with Crippen LogP contribution < -0.4 is 10.6 Å². The number of piperidine rings is 1. The Morgan fingerprint density at radius 3 is 2.75 bits per heavy atom. The van der Waals surface area contributed by atoms with Crippen LogP contribution in [0.5, 0.6) is 0 Å². The second kappa shape index (κ2) is 6.31. The number of amides is 1. The number of fused-ring (bicyclic) bond motifs is 1. The lowest BCUT2D eigenvalue weighted by Crippen LogP contribution is -2.54. The van der Waals surface area contributed by atoms with Gasteiger partial charge in [-0.25, -0.2) is 4.98 Å². The quantitative estimate of drug-likeness (QED) is 0.912. The largest absolute Gasteiger partial charge is 0.378 e. The molecule has 4 rings (SSSR count). The number of ether oxygens (including phenoxy) is 1. The molecule has 6 nitrogen and oxygen atoms in total. The number of likely N-dealkylation sites (tertiary alicyclic amines) is 1. The maximum absolute atomic E-state index is 11.6. The van der Waals surface area contributed by atoms with Crippen LogP contribution in [0.4, 0.5) is 5.13 Å². The number of nitrogens with zero attached hydrogens (tertiary/aromatic N) is 3. The number of hydrogen-bond acceptors (Lipinski definition) is 6. The predicted octanol–water partition coefficient (Wildman–Crippen LogP) is 1.69. The fourth-order valence-corrected chi connectivity index (χ4v) is 4.54. The Kier molecular flexibility index (Phi) is 4.15. The van der Waals surface area contributed by atoms with Crippen molar-refractivity contribution >= 4 is 32.6 Å². The summed E-state index contributed by atoms with van der Waals surface area (Å²) < 4.78 is 6.31. The molecule has 0 saturated carbocycles. The van der Waals surface area contributed by atoms with E-state index in [1.165, 1.54) is 0 Å². The summed E-state index contributed by atoms with van der Waals surface area (Å²) in [6.45, 7) is 3.99. The normalized spacial score (nSPS) is 20.2. The van der Waals surface area contributed by atoms with Gasteiger partial charge in [-0.3, -0.25) is 9.69 Å². The number of carbonyl (C=O) groups is 1. The van der Waals surface area contributed by atoms with E-state index in [4.69, 9.17) is 15.5 Å². The highest BCUT2D eigenvalue weighted by molar-refractivity contribution is 7.22. The molecule has 24 heavy (non-hydrogen) atoms.